The molecule has 5 nitrogen and oxygen atoms in total. The van der Waals surface area contributed by atoms with Gasteiger partial charge in [-0.15, -0.1) is 6.58 Å². The highest BCUT2D eigenvalue weighted by Crippen LogP contribution is 2.16. The summed E-state index contributed by atoms with van der Waals surface area (Å²) in [5, 5.41) is 13.0. The summed E-state index contributed by atoms with van der Waals surface area (Å²) in [7, 11) is 0. The van der Waals surface area contributed by atoms with Crippen molar-refractivity contribution in [2.45, 2.75) is 6.42 Å². The van der Waals surface area contributed by atoms with E-state index >= 15 is 0 Å². The third-order valence-electron chi connectivity index (χ3n) is 1.99. The first-order chi connectivity index (χ1) is 8.04. The van der Waals surface area contributed by atoms with E-state index in [-0.39, 0.29) is 5.56 Å². The third-order valence-corrected chi connectivity index (χ3v) is 1.99. The van der Waals surface area contributed by atoms with Crippen molar-refractivity contribution in [2.24, 2.45) is 0 Å². The highest BCUT2D eigenvalue weighted by molar-refractivity contribution is 5.94. The van der Waals surface area contributed by atoms with Crippen LogP contribution in [0.4, 0.5) is 10.1 Å². The Hall–Kier alpha value is -2.24. The van der Waals surface area contributed by atoms with Crippen molar-refractivity contribution in [3.8, 4) is 0 Å². The van der Waals surface area contributed by atoms with Gasteiger partial charge in [-0.25, -0.2) is 4.39 Å². The Labute approximate surface area is 97.1 Å². The van der Waals surface area contributed by atoms with Crippen molar-refractivity contribution in [1.29, 1.82) is 0 Å². The van der Waals surface area contributed by atoms with Crippen LogP contribution in [0.15, 0.2) is 30.9 Å². The maximum Gasteiger partial charge on any atom is 0.273 e. The van der Waals surface area contributed by atoms with Gasteiger partial charge < -0.3 is 5.32 Å². The molecule has 6 heteroatoms. The molecule has 0 spiro atoms. The average Bonchev–Trinajstić information content (AvgIpc) is 2.28. The van der Waals surface area contributed by atoms with Crippen LogP contribution in [0.1, 0.15) is 16.8 Å². The maximum absolute atomic E-state index is 13.0. The number of nitro benzene ring substituents is 1. The van der Waals surface area contributed by atoms with Gasteiger partial charge in [0.15, 0.2) is 0 Å². The molecule has 0 bridgehead atoms. The molecule has 0 heterocycles. The van der Waals surface area contributed by atoms with Gasteiger partial charge in [-0.3, -0.25) is 14.9 Å². The molecular weight excluding hydrogens is 227 g/mol. The molecule has 0 saturated carbocycles. The van der Waals surface area contributed by atoms with E-state index in [1.54, 1.807) is 6.08 Å². The Morgan fingerprint density at radius 2 is 2.24 bits per heavy atom. The van der Waals surface area contributed by atoms with Crippen LogP contribution in [0.25, 0.3) is 0 Å². The van der Waals surface area contributed by atoms with Crippen molar-refractivity contribution in [1.82, 2.24) is 5.32 Å². The zero-order valence-electron chi connectivity index (χ0n) is 8.98. The van der Waals surface area contributed by atoms with Crippen LogP contribution in [0, 0.1) is 15.9 Å². The summed E-state index contributed by atoms with van der Waals surface area (Å²) < 4.78 is 13.0. The molecule has 17 heavy (non-hydrogen) atoms. The number of carbonyl (C=O) groups excluding carboxylic acids is 1. The summed E-state index contributed by atoms with van der Waals surface area (Å²) in [5.74, 6) is -1.36. The fourth-order valence-electron chi connectivity index (χ4n) is 1.20. The van der Waals surface area contributed by atoms with Gasteiger partial charge in [0.2, 0.25) is 0 Å². The fourth-order valence-corrected chi connectivity index (χ4v) is 1.20. The van der Waals surface area contributed by atoms with E-state index in [1.165, 1.54) is 0 Å². The second-order valence-corrected chi connectivity index (χ2v) is 3.29. The minimum absolute atomic E-state index is 0.0687. The second-order valence-electron chi connectivity index (χ2n) is 3.29. The summed E-state index contributed by atoms with van der Waals surface area (Å²) in [5.41, 5.74) is -0.514. The molecule has 0 radical (unpaired) electrons. The number of benzene rings is 1. The molecule has 0 saturated heterocycles. The lowest BCUT2D eigenvalue weighted by Gasteiger charge is -2.03. The van der Waals surface area contributed by atoms with Crippen LogP contribution in [0.3, 0.4) is 0 Å². The molecule has 0 atom stereocenters. The van der Waals surface area contributed by atoms with Gasteiger partial charge in [0.05, 0.1) is 11.0 Å². The maximum atomic E-state index is 13.0. The first-order valence-electron chi connectivity index (χ1n) is 4.88. The SMILES string of the molecule is C=CCCNC(=O)c1cc(F)cc([N+](=O)[O-])c1. The van der Waals surface area contributed by atoms with E-state index in [2.05, 4.69) is 11.9 Å². The van der Waals surface area contributed by atoms with E-state index in [0.717, 1.165) is 18.2 Å². The van der Waals surface area contributed by atoms with Gasteiger partial charge in [-0.05, 0) is 12.5 Å². The molecule has 1 rings (SSSR count). The standard InChI is InChI=1S/C11H11FN2O3/c1-2-3-4-13-11(15)8-5-9(12)7-10(6-8)14(16)17/h2,5-7H,1,3-4H2,(H,13,15). The van der Waals surface area contributed by atoms with Gasteiger partial charge in [-0.2, -0.15) is 0 Å². The monoisotopic (exact) mass is 238 g/mol. The highest BCUT2D eigenvalue weighted by atomic mass is 19.1. The molecule has 1 aromatic carbocycles. The normalized spacial score (nSPS) is 9.71. The number of amides is 1. The molecule has 0 aliphatic rings. The summed E-state index contributed by atoms with van der Waals surface area (Å²) >= 11 is 0. The quantitative estimate of drug-likeness (QED) is 0.369. The first-order valence-corrected chi connectivity index (χ1v) is 4.88. The van der Waals surface area contributed by atoms with Gasteiger partial charge in [-0.1, -0.05) is 6.08 Å². The summed E-state index contributed by atoms with van der Waals surface area (Å²) in [6.07, 6.45) is 2.19. The zero-order valence-corrected chi connectivity index (χ0v) is 8.98. The van der Waals surface area contributed by atoms with Crippen LogP contribution in [-0.2, 0) is 0 Å². The number of halogens is 1. The lowest BCUT2D eigenvalue weighted by Crippen LogP contribution is -2.24. The molecule has 0 aliphatic heterocycles. The molecule has 0 fully saturated rings. The minimum Gasteiger partial charge on any atom is -0.352 e. The Bertz CT molecular complexity index is 460. The third kappa shape index (κ3) is 3.67. The first kappa shape index (κ1) is 12.8. The number of carbonyl (C=O) groups is 1. The Morgan fingerprint density at radius 3 is 2.82 bits per heavy atom. The van der Waals surface area contributed by atoms with Crippen molar-refractivity contribution in [3.63, 3.8) is 0 Å². The fraction of sp³-hybridized carbons (Fsp3) is 0.182. The average molecular weight is 238 g/mol. The van der Waals surface area contributed by atoms with Crippen LogP contribution in [0.2, 0.25) is 0 Å². The smallest absolute Gasteiger partial charge is 0.273 e. The van der Waals surface area contributed by atoms with Gasteiger partial charge in [0.1, 0.15) is 5.82 Å². The van der Waals surface area contributed by atoms with Gasteiger partial charge in [0.25, 0.3) is 11.6 Å². The van der Waals surface area contributed by atoms with E-state index in [1.807, 2.05) is 0 Å². The zero-order chi connectivity index (χ0) is 12.8. The lowest BCUT2D eigenvalue weighted by atomic mass is 10.2. The largest absolute Gasteiger partial charge is 0.352 e. The molecule has 0 unspecified atom stereocenters. The molecule has 0 aromatic heterocycles. The minimum atomic E-state index is -0.812. The number of rotatable bonds is 5. The summed E-state index contributed by atoms with van der Waals surface area (Å²) in [6.45, 7) is 3.83. The topological polar surface area (TPSA) is 72.2 Å². The number of hydrogen-bond donors (Lipinski definition) is 1. The number of non-ortho nitro benzene ring substituents is 1. The molecule has 1 aromatic rings. The highest BCUT2D eigenvalue weighted by Gasteiger charge is 2.14. The van der Waals surface area contributed by atoms with Crippen molar-refractivity contribution >= 4 is 11.6 Å². The van der Waals surface area contributed by atoms with Crippen molar-refractivity contribution in [3.05, 3.63) is 52.3 Å². The van der Waals surface area contributed by atoms with Crippen molar-refractivity contribution in [2.75, 3.05) is 6.54 Å². The molecule has 1 amide bonds. The van der Waals surface area contributed by atoms with Crippen LogP contribution >= 0.6 is 0 Å². The molecule has 0 aliphatic carbocycles. The lowest BCUT2D eigenvalue weighted by molar-refractivity contribution is -0.385. The predicted molar refractivity (Wildman–Crippen MR) is 60.2 cm³/mol. The molecular formula is C11H11FN2O3. The van der Waals surface area contributed by atoms with E-state index in [4.69, 9.17) is 0 Å². The van der Waals surface area contributed by atoms with Crippen LogP contribution in [0.5, 0.6) is 0 Å². The Balaban J connectivity index is 2.86. The summed E-state index contributed by atoms with van der Waals surface area (Å²) in [4.78, 5) is 21.2. The Kier molecular flexibility index (Phi) is 4.33. The van der Waals surface area contributed by atoms with E-state index in [9.17, 15) is 19.3 Å². The number of nitro groups is 1. The van der Waals surface area contributed by atoms with E-state index < -0.39 is 22.3 Å². The molecule has 90 valence electrons. The predicted octanol–water partition coefficient (Wildman–Crippen LogP) is 2.04. The van der Waals surface area contributed by atoms with Crippen LogP contribution < -0.4 is 5.32 Å². The van der Waals surface area contributed by atoms with Crippen molar-refractivity contribution < 1.29 is 14.1 Å². The Morgan fingerprint density at radius 1 is 1.53 bits per heavy atom. The molecule has 1 N–H and O–H groups in total. The number of nitrogens with zero attached hydrogens (tertiary/aromatic N) is 1. The summed E-state index contributed by atoms with van der Waals surface area (Å²) in [6, 6.07) is 2.75. The second kappa shape index (κ2) is 5.74. The van der Waals surface area contributed by atoms with Gasteiger partial charge >= 0.3 is 0 Å². The number of nitrogens with one attached hydrogen (secondary N) is 1. The van der Waals surface area contributed by atoms with E-state index in [0.29, 0.717) is 13.0 Å². The van der Waals surface area contributed by atoms with Crippen LogP contribution in [-0.4, -0.2) is 17.4 Å². The van der Waals surface area contributed by atoms with Gasteiger partial charge in [0, 0.05) is 18.2 Å². The number of hydrogen-bond acceptors (Lipinski definition) is 3.